The van der Waals surface area contributed by atoms with Crippen molar-refractivity contribution in [2.75, 3.05) is 12.6 Å². The van der Waals surface area contributed by atoms with Crippen molar-refractivity contribution in [1.29, 1.82) is 0 Å². The van der Waals surface area contributed by atoms with E-state index in [0.29, 0.717) is 12.1 Å². The van der Waals surface area contributed by atoms with Gasteiger partial charge in [0.1, 0.15) is 5.69 Å². The summed E-state index contributed by atoms with van der Waals surface area (Å²) in [6, 6.07) is 0.839. The van der Waals surface area contributed by atoms with Crippen LogP contribution in [-0.2, 0) is 6.18 Å². The minimum absolute atomic E-state index is 0.333. The van der Waals surface area contributed by atoms with E-state index in [0.717, 1.165) is 7.11 Å². The molecule has 94 valence electrons. The molecule has 0 fully saturated rings. The number of rotatable bonds is 3. The van der Waals surface area contributed by atoms with Crippen molar-refractivity contribution >= 4 is 11.4 Å². The summed E-state index contributed by atoms with van der Waals surface area (Å²) >= 11 is 0. The molecule has 0 unspecified atom stereocenters. The third-order valence-corrected chi connectivity index (χ3v) is 1.92. The fourth-order valence-corrected chi connectivity index (χ4v) is 1.21. The van der Waals surface area contributed by atoms with Crippen molar-refractivity contribution in [3.8, 4) is 5.75 Å². The highest BCUT2D eigenvalue weighted by molar-refractivity contribution is 5.67. The molecular weight excluding hydrogens is 245 g/mol. The van der Waals surface area contributed by atoms with Crippen LogP contribution >= 0.6 is 0 Å². The van der Waals surface area contributed by atoms with Crippen molar-refractivity contribution in [3.63, 3.8) is 0 Å². The quantitative estimate of drug-likeness (QED) is 0.637. The molecule has 0 heterocycles. The number of anilines is 1. The second-order valence-corrected chi connectivity index (χ2v) is 2.94. The van der Waals surface area contributed by atoms with Gasteiger partial charge in [0.05, 0.1) is 17.6 Å². The van der Waals surface area contributed by atoms with Crippen LogP contribution in [0, 0.1) is 10.1 Å². The monoisotopic (exact) mass is 252 g/mol. The third-order valence-electron chi connectivity index (χ3n) is 1.92. The topological polar surface area (TPSA) is 84.6 Å². The zero-order valence-electron chi connectivity index (χ0n) is 8.41. The number of benzene rings is 1. The molecule has 1 rings (SSSR count). The highest BCUT2D eigenvalue weighted by Gasteiger charge is 2.35. The van der Waals surface area contributed by atoms with Gasteiger partial charge in [-0.1, -0.05) is 0 Å². The number of nitro benzene ring substituents is 1. The number of nitrogens with one attached hydrogen (secondary N) is 1. The van der Waals surface area contributed by atoms with E-state index in [1.54, 1.807) is 0 Å². The lowest BCUT2D eigenvalue weighted by molar-refractivity contribution is -0.385. The molecule has 1 aromatic carbocycles. The van der Waals surface area contributed by atoms with Crippen LogP contribution < -0.4 is 10.2 Å². The highest BCUT2D eigenvalue weighted by atomic mass is 19.4. The largest absolute Gasteiger partial charge is 0.489 e. The summed E-state index contributed by atoms with van der Waals surface area (Å²) in [7, 11) is 1.04. The maximum Gasteiger partial charge on any atom is 0.416 e. The number of halogens is 3. The second kappa shape index (κ2) is 4.45. The molecule has 6 nitrogen and oxygen atoms in total. The molecule has 0 saturated carbocycles. The van der Waals surface area contributed by atoms with E-state index in [-0.39, 0.29) is 0 Å². The normalized spacial score (nSPS) is 11.1. The van der Waals surface area contributed by atoms with Crippen LogP contribution in [0.3, 0.4) is 0 Å². The van der Waals surface area contributed by atoms with Gasteiger partial charge in [0.2, 0.25) is 5.75 Å². The smallest absolute Gasteiger partial charge is 0.416 e. The number of nitrogens with zero attached hydrogens (tertiary/aromatic N) is 1. The van der Waals surface area contributed by atoms with Crippen LogP contribution in [0.5, 0.6) is 5.75 Å². The van der Waals surface area contributed by atoms with Crippen LogP contribution in [0.15, 0.2) is 12.1 Å². The van der Waals surface area contributed by atoms with E-state index in [9.17, 15) is 23.3 Å². The predicted octanol–water partition coefficient (Wildman–Crippen LogP) is 2.42. The van der Waals surface area contributed by atoms with Gasteiger partial charge in [-0.2, -0.15) is 13.2 Å². The van der Waals surface area contributed by atoms with Gasteiger partial charge in [0, 0.05) is 6.07 Å². The van der Waals surface area contributed by atoms with Crippen LogP contribution in [0.25, 0.3) is 0 Å². The third kappa shape index (κ3) is 2.56. The Morgan fingerprint density at radius 2 is 2.06 bits per heavy atom. The number of hydrogen-bond donors (Lipinski definition) is 2. The fraction of sp³-hybridized carbons (Fsp3) is 0.250. The van der Waals surface area contributed by atoms with Gasteiger partial charge in [0.15, 0.2) is 0 Å². The SMILES string of the molecule is COc1c(NO)cc(C(F)(F)F)cc1[N+](=O)[O-]. The Hall–Kier alpha value is -2.03. The Kier molecular flexibility index (Phi) is 3.42. The molecule has 0 spiro atoms. The molecule has 1 aromatic rings. The van der Waals surface area contributed by atoms with Gasteiger partial charge >= 0.3 is 11.9 Å². The number of methoxy groups -OCH3 is 1. The number of ether oxygens (including phenoxy) is 1. The summed E-state index contributed by atoms with van der Waals surface area (Å²) in [5.74, 6) is -0.481. The predicted molar refractivity (Wildman–Crippen MR) is 50.1 cm³/mol. The molecule has 0 aromatic heterocycles. The summed E-state index contributed by atoms with van der Waals surface area (Å²) < 4.78 is 41.8. The zero-order chi connectivity index (χ0) is 13.2. The molecule has 0 aliphatic carbocycles. The van der Waals surface area contributed by atoms with Gasteiger partial charge < -0.3 is 4.74 Å². The van der Waals surface area contributed by atoms with E-state index in [1.165, 1.54) is 5.48 Å². The lowest BCUT2D eigenvalue weighted by Crippen LogP contribution is -2.08. The first-order valence-electron chi connectivity index (χ1n) is 4.15. The fourth-order valence-electron chi connectivity index (χ4n) is 1.21. The first kappa shape index (κ1) is 13.0. The van der Waals surface area contributed by atoms with E-state index in [2.05, 4.69) is 4.74 Å². The molecule has 0 radical (unpaired) electrons. The Labute approximate surface area is 92.7 Å². The van der Waals surface area contributed by atoms with Crippen LogP contribution in [0.2, 0.25) is 0 Å². The molecule has 0 atom stereocenters. The highest BCUT2D eigenvalue weighted by Crippen LogP contribution is 2.41. The standard InChI is InChI=1S/C8H7F3N2O4/c1-17-7-5(12-14)2-4(8(9,10)11)3-6(7)13(15)16/h2-3,12,14H,1H3. The van der Waals surface area contributed by atoms with Crippen LogP contribution in [-0.4, -0.2) is 17.2 Å². The van der Waals surface area contributed by atoms with Gasteiger partial charge in [0.25, 0.3) is 0 Å². The van der Waals surface area contributed by atoms with Gasteiger partial charge in [-0.3, -0.25) is 20.8 Å². The molecule has 9 heteroatoms. The zero-order valence-corrected chi connectivity index (χ0v) is 8.41. The van der Waals surface area contributed by atoms with Crippen molar-refractivity contribution < 1.29 is 28.0 Å². The first-order valence-corrected chi connectivity index (χ1v) is 4.15. The van der Waals surface area contributed by atoms with Crippen molar-refractivity contribution in [3.05, 3.63) is 27.8 Å². The average molecular weight is 252 g/mol. The molecule has 0 bridgehead atoms. The summed E-state index contributed by atoms with van der Waals surface area (Å²) in [5, 5.41) is 19.2. The Balaban J connectivity index is 3.51. The van der Waals surface area contributed by atoms with Gasteiger partial charge in [-0.15, -0.1) is 0 Å². The van der Waals surface area contributed by atoms with Gasteiger partial charge in [-0.25, -0.2) is 0 Å². The average Bonchev–Trinajstić information content (AvgIpc) is 2.25. The maximum absolute atomic E-state index is 12.4. The summed E-state index contributed by atoms with van der Waals surface area (Å²) in [6.07, 6.45) is -4.76. The molecule has 0 amide bonds. The number of hydrogen-bond acceptors (Lipinski definition) is 5. The molecule has 2 N–H and O–H groups in total. The molecular formula is C8H7F3N2O4. The number of nitro groups is 1. The first-order chi connectivity index (χ1) is 7.81. The lowest BCUT2D eigenvalue weighted by atomic mass is 10.1. The van der Waals surface area contributed by atoms with Crippen molar-refractivity contribution in [1.82, 2.24) is 0 Å². The molecule has 0 aliphatic rings. The Morgan fingerprint density at radius 1 is 1.47 bits per heavy atom. The van der Waals surface area contributed by atoms with Crippen LogP contribution in [0.1, 0.15) is 5.56 Å². The van der Waals surface area contributed by atoms with Gasteiger partial charge in [-0.05, 0) is 6.07 Å². The summed E-state index contributed by atoms with van der Waals surface area (Å²) in [6.45, 7) is 0. The van der Waals surface area contributed by atoms with E-state index >= 15 is 0 Å². The summed E-state index contributed by atoms with van der Waals surface area (Å²) in [5.41, 5.74) is -1.26. The minimum Gasteiger partial charge on any atom is -0.489 e. The van der Waals surface area contributed by atoms with E-state index in [1.807, 2.05) is 0 Å². The minimum atomic E-state index is -4.76. The molecule has 17 heavy (non-hydrogen) atoms. The second-order valence-electron chi connectivity index (χ2n) is 2.94. The van der Waals surface area contributed by atoms with Crippen LogP contribution in [0.4, 0.5) is 24.5 Å². The van der Waals surface area contributed by atoms with E-state index in [4.69, 9.17) is 5.21 Å². The van der Waals surface area contributed by atoms with Crippen molar-refractivity contribution in [2.45, 2.75) is 6.18 Å². The lowest BCUT2D eigenvalue weighted by Gasteiger charge is -2.12. The molecule has 0 aliphatic heterocycles. The van der Waals surface area contributed by atoms with Crippen molar-refractivity contribution in [2.24, 2.45) is 0 Å². The molecule has 0 saturated heterocycles. The summed E-state index contributed by atoms with van der Waals surface area (Å²) in [4.78, 5) is 9.54. The Bertz CT molecular complexity index is 447. The van der Waals surface area contributed by atoms with E-state index < -0.39 is 33.8 Å². The number of alkyl halides is 3. The Morgan fingerprint density at radius 3 is 2.41 bits per heavy atom. The maximum atomic E-state index is 12.4.